The van der Waals surface area contributed by atoms with Crippen LogP contribution in [0.25, 0.3) is 4.91 Å². The summed E-state index contributed by atoms with van der Waals surface area (Å²) >= 11 is 1.57. The number of thioether (sulfide) groups is 1. The van der Waals surface area contributed by atoms with Gasteiger partial charge in [0.25, 0.3) is 0 Å². The topological polar surface area (TPSA) is 46.5 Å². The lowest BCUT2D eigenvalue weighted by Gasteiger charge is -2.17. The SMILES string of the molecule is O=C(O)CCSC1=CCOc2ccccc21. The molecule has 1 aliphatic rings. The summed E-state index contributed by atoms with van der Waals surface area (Å²) in [7, 11) is 0. The molecule has 0 radical (unpaired) electrons. The van der Waals surface area contributed by atoms with E-state index in [9.17, 15) is 4.79 Å². The van der Waals surface area contributed by atoms with Gasteiger partial charge in [0.2, 0.25) is 0 Å². The van der Waals surface area contributed by atoms with Gasteiger partial charge in [-0.1, -0.05) is 18.2 Å². The minimum atomic E-state index is -0.756. The number of ether oxygens (including phenoxy) is 1. The number of rotatable bonds is 4. The first-order chi connectivity index (χ1) is 7.77. The van der Waals surface area contributed by atoms with Crippen LogP contribution in [0.3, 0.4) is 0 Å². The van der Waals surface area contributed by atoms with Crippen molar-refractivity contribution in [1.82, 2.24) is 0 Å². The average Bonchev–Trinajstić information content (AvgIpc) is 2.29. The largest absolute Gasteiger partial charge is 0.489 e. The maximum absolute atomic E-state index is 10.4. The summed E-state index contributed by atoms with van der Waals surface area (Å²) < 4.78 is 5.48. The molecule has 2 rings (SSSR count). The van der Waals surface area contributed by atoms with E-state index in [1.165, 1.54) is 0 Å². The van der Waals surface area contributed by atoms with Crippen LogP contribution in [-0.2, 0) is 4.79 Å². The number of carboxylic acids is 1. The Morgan fingerprint density at radius 2 is 2.25 bits per heavy atom. The number of benzene rings is 1. The van der Waals surface area contributed by atoms with Crippen molar-refractivity contribution in [3.05, 3.63) is 35.9 Å². The fourth-order valence-electron chi connectivity index (χ4n) is 1.50. The first kappa shape index (κ1) is 11.1. The van der Waals surface area contributed by atoms with Gasteiger partial charge in [0.05, 0.1) is 6.42 Å². The van der Waals surface area contributed by atoms with Gasteiger partial charge in [-0.05, 0) is 12.1 Å². The van der Waals surface area contributed by atoms with Crippen LogP contribution in [0, 0.1) is 0 Å². The molecule has 1 heterocycles. The minimum absolute atomic E-state index is 0.186. The first-order valence-corrected chi connectivity index (χ1v) is 6.03. The highest BCUT2D eigenvalue weighted by molar-refractivity contribution is 8.08. The molecule has 0 aliphatic carbocycles. The molecule has 16 heavy (non-hydrogen) atoms. The zero-order valence-electron chi connectivity index (χ0n) is 8.68. The molecule has 1 aromatic carbocycles. The lowest BCUT2D eigenvalue weighted by Crippen LogP contribution is -2.04. The molecule has 3 nitrogen and oxygen atoms in total. The highest BCUT2D eigenvalue weighted by atomic mass is 32.2. The third-order valence-corrected chi connectivity index (χ3v) is 3.34. The van der Waals surface area contributed by atoms with Gasteiger partial charge in [0.15, 0.2) is 0 Å². The van der Waals surface area contributed by atoms with Crippen molar-refractivity contribution >= 4 is 22.6 Å². The van der Waals surface area contributed by atoms with Gasteiger partial charge in [0, 0.05) is 16.2 Å². The number of para-hydroxylation sites is 1. The molecule has 4 heteroatoms. The normalized spacial score (nSPS) is 13.6. The van der Waals surface area contributed by atoms with Crippen molar-refractivity contribution in [2.45, 2.75) is 6.42 Å². The van der Waals surface area contributed by atoms with E-state index in [4.69, 9.17) is 9.84 Å². The molecule has 0 bridgehead atoms. The maximum Gasteiger partial charge on any atom is 0.304 e. The van der Waals surface area contributed by atoms with E-state index in [-0.39, 0.29) is 6.42 Å². The smallest absolute Gasteiger partial charge is 0.304 e. The van der Waals surface area contributed by atoms with E-state index in [0.29, 0.717) is 12.4 Å². The molecule has 1 N–H and O–H groups in total. The Hall–Kier alpha value is -1.42. The van der Waals surface area contributed by atoms with Crippen molar-refractivity contribution in [3.63, 3.8) is 0 Å². The molecular formula is C12H12O3S. The predicted molar refractivity (Wildman–Crippen MR) is 64.6 cm³/mol. The van der Waals surface area contributed by atoms with Crippen molar-refractivity contribution in [3.8, 4) is 5.75 Å². The number of fused-ring (bicyclic) bond motifs is 1. The summed E-state index contributed by atoms with van der Waals surface area (Å²) in [6, 6.07) is 7.82. The van der Waals surface area contributed by atoms with Crippen LogP contribution in [0.1, 0.15) is 12.0 Å². The summed E-state index contributed by atoms with van der Waals surface area (Å²) in [5.41, 5.74) is 1.06. The van der Waals surface area contributed by atoms with Gasteiger partial charge in [-0.2, -0.15) is 0 Å². The quantitative estimate of drug-likeness (QED) is 0.873. The van der Waals surface area contributed by atoms with Gasteiger partial charge < -0.3 is 9.84 Å². The molecule has 0 saturated carbocycles. The third-order valence-electron chi connectivity index (χ3n) is 2.23. The van der Waals surface area contributed by atoms with E-state index in [1.807, 2.05) is 30.3 Å². The van der Waals surface area contributed by atoms with Gasteiger partial charge >= 0.3 is 5.97 Å². The lowest BCUT2D eigenvalue weighted by molar-refractivity contribution is -0.136. The lowest BCUT2D eigenvalue weighted by atomic mass is 10.1. The number of carboxylic acid groups (broad SMARTS) is 1. The Balaban J connectivity index is 2.05. The standard InChI is InChI=1S/C12H12O3S/c13-12(14)6-8-16-11-5-7-15-10-4-2-1-3-9(10)11/h1-5H,6-8H2,(H,13,14). The molecule has 84 valence electrons. The van der Waals surface area contributed by atoms with Crippen molar-refractivity contribution in [2.75, 3.05) is 12.4 Å². The Labute approximate surface area is 98.1 Å². The minimum Gasteiger partial charge on any atom is -0.489 e. The van der Waals surface area contributed by atoms with Crippen LogP contribution in [0.15, 0.2) is 30.3 Å². The van der Waals surface area contributed by atoms with Gasteiger partial charge in [0.1, 0.15) is 12.4 Å². The molecule has 0 unspecified atom stereocenters. The zero-order valence-corrected chi connectivity index (χ0v) is 9.50. The summed E-state index contributed by atoms with van der Waals surface area (Å²) in [5.74, 6) is 0.714. The van der Waals surface area contributed by atoms with Crippen molar-refractivity contribution in [2.24, 2.45) is 0 Å². The Kier molecular flexibility index (Phi) is 3.51. The van der Waals surface area contributed by atoms with Gasteiger partial charge in [-0.15, -0.1) is 11.8 Å². The highest BCUT2D eigenvalue weighted by Crippen LogP contribution is 2.36. The van der Waals surface area contributed by atoms with Crippen molar-refractivity contribution in [1.29, 1.82) is 0 Å². The maximum atomic E-state index is 10.4. The monoisotopic (exact) mass is 236 g/mol. The molecule has 0 amide bonds. The molecule has 0 spiro atoms. The summed E-state index contributed by atoms with van der Waals surface area (Å²) in [6.45, 7) is 0.562. The highest BCUT2D eigenvalue weighted by Gasteiger charge is 2.13. The van der Waals surface area contributed by atoms with E-state index in [2.05, 4.69) is 0 Å². The number of hydrogen-bond acceptors (Lipinski definition) is 3. The Bertz CT molecular complexity index is 426. The predicted octanol–water partition coefficient (Wildman–Crippen LogP) is 2.63. The number of aliphatic carboxylic acids is 1. The second-order valence-corrected chi connectivity index (χ2v) is 4.50. The Morgan fingerprint density at radius 3 is 3.06 bits per heavy atom. The van der Waals surface area contributed by atoms with Crippen LogP contribution in [0.4, 0.5) is 0 Å². The number of carbonyl (C=O) groups is 1. The first-order valence-electron chi connectivity index (χ1n) is 5.04. The van der Waals surface area contributed by atoms with Crippen LogP contribution >= 0.6 is 11.8 Å². The average molecular weight is 236 g/mol. The van der Waals surface area contributed by atoms with E-state index in [0.717, 1.165) is 16.2 Å². The molecule has 1 aliphatic heterocycles. The van der Waals surface area contributed by atoms with Crippen LogP contribution in [-0.4, -0.2) is 23.4 Å². The fraction of sp³-hybridized carbons (Fsp3) is 0.250. The van der Waals surface area contributed by atoms with Crippen LogP contribution in [0.5, 0.6) is 5.75 Å². The van der Waals surface area contributed by atoms with Crippen molar-refractivity contribution < 1.29 is 14.6 Å². The molecular weight excluding hydrogens is 224 g/mol. The second-order valence-electron chi connectivity index (χ2n) is 3.37. The van der Waals surface area contributed by atoms with Crippen LogP contribution in [0.2, 0.25) is 0 Å². The molecule has 0 saturated heterocycles. The van der Waals surface area contributed by atoms with Gasteiger partial charge in [-0.25, -0.2) is 0 Å². The summed E-state index contributed by atoms with van der Waals surface area (Å²) in [6.07, 6.45) is 2.18. The van der Waals surface area contributed by atoms with E-state index >= 15 is 0 Å². The fourth-order valence-corrected chi connectivity index (χ4v) is 2.50. The molecule has 1 aromatic rings. The van der Waals surface area contributed by atoms with Gasteiger partial charge in [-0.3, -0.25) is 4.79 Å². The number of hydrogen-bond donors (Lipinski definition) is 1. The van der Waals surface area contributed by atoms with Crippen LogP contribution < -0.4 is 4.74 Å². The Morgan fingerprint density at radius 1 is 1.44 bits per heavy atom. The van der Waals surface area contributed by atoms with E-state index in [1.54, 1.807) is 11.8 Å². The van der Waals surface area contributed by atoms with E-state index < -0.39 is 5.97 Å². The molecule has 0 aromatic heterocycles. The molecule has 0 atom stereocenters. The third kappa shape index (κ3) is 2.58. The molecule has 0 fully saturated rings. The zero-order chi connectivity index (χ0) is 11.4. The summed E-state index contributed by atoms with van der Waals surface area (Å²) in [5, 5.41) is 8.58. The second kappa shape index (κ2) is 5.07. The summed E-state index contributed by atoms with van der Waals surface area (Å²) in [4.78, 5) is 11.5.